The molecule has 1 atom stereocenters. The van der Waals surface area contributed by atoms with Crippen LogP contribution < -0.4 is 4.74 Å². The highest BCUT2D eigenvalue weighted by Crippen LogP contribution is 2.38. The summed E-state index contributed by atoms with van der Waals surface area (Å²) in [6.45, 7) is 7.05. The average molecular weight is 532 g/mol. The van der Waals surface area contributed by atoms with E-state index in [1.165, 1.54) is 29.3 Å². The highest BCUT2D eigenvalue weighted by Gasteiger charge is 2.41. The Kier molecular flexibility index (Phi) is 8.15. The maximum atomic E-state index is 13.3. The average Bonchev–Trinajstić information content (AvgIpc) is 3.16. The third kappa shape index (κ3) is 6.29. The highest BCUT2D eigenvalue weighted by atomic mass is 32.2. The summed E-state index contributed by atoms with van der Waals surface area (Å²) in [7, 11) is 1.30. The Labute approximate surface area is 227 Å². The predicted molar refractivity (Wildman–Crippen MR) is 152 cm³/mol. The Bertz CT molecular complexity index is 1310. The van der Waals surface area contributed by atoms with E-state index in [2.05, 4.69) is 45.0 Å². The van der Waals surface area contributed by atoms with Crippen molar-refractivity contribution in [3.63, 3.8) is 0 Å². The molecule has 0 aliphatic carbocycles. The molecule has 37 heavy (non-hydrogen) atoms. The highest BCUT2D eigenvalue weighted by molar-refractivity contribution is 8.26. The van der Waals surface area contributed by atoms with Crippen LogP contribution in [0.1, 0.15) is 49.1 Å². The topological polar surface area (TPSA) is 55.8 Å². The first-order chi connectivity index (χ1) is 17.7. The maximum Gasteiger partial charge on any atom is 0.333 e. The molecule has 4 rings (SSSR count). The van der Waals surface area contributed by atoms with E-state index in [1.54, 1.807) is 18.2 Å². The molecule has 1 unspecified atom stereocenters. The van der Waals surface area contributed by atoms with Gasteiger partial charge in [0.1, 0.15) is 16.7 Å². The van der Waals surface area contributed by atoms with Crippen molar-refractivity contribution >= 4 is 46.3 Å². The third-order valence-corrected chi connectivity index (χ3v) is 7.36. The van der Waals surface area contributed by atoms with Crippen molar-refractivity contribution in [2.45, 2.75) is 38.8 Å². The van der Waals surface area contributed by atoms with E-state index in [-0.39, 0.29) is 11.3 Å². The molecule has 0 bridgehead atoms. The molecule has 0 aromatic heterocycles. The predicted octanol–water partition coefficient (Wildman–Crippen LogP) is 6.68. The van der Waals surface area contributed by atoms with E-state index in [0.29, 0.717) is 21.4 Å². The van der Waals surface area contributed by atoms with Crippen LogP contribution in [0.25, 0.3) is 6.08 Å². The van der Waals surface area contributed by atoms with Crippen molar-refractivity contribution in [1.82, 2.24) is 4.90 Å². The Balaban J connectivity index is 1.45. The van der Waals surface area contributed by atoms with Crippen molar-refractivity contribution in [3.8, 4) is 5.75 Å². The van der Waals surface area contributed by atoms with Crippen LogP contribution in [0.5, 0.6) is 5.75 Å². The Morgan fingerprint density at radius 1 is 1.00 bits per heavy atom. The van der Waals surface area contributed by atoms with Crippen LogP contribution in [0.4, 0.5) is 0 Å². The van der Waals surface area contributed by atoms with Crippen molar-refractivity contribution < 1.29 is 19.1 Å². The number of amides is 1. The second-order valence-corrected chi connectivity index (χ2v) is 11.4. The Morgan fingerprint density at radius 3 is 2.24 bits per heavy atom. The zero-order valence-corrected chi connectivity index (χ0v) is 22.9. The van der Waals surface area contributed by atoms with Crippen LogP contribution in [-0.2, 0) is 26.3 Å². The molecular weight excluding hydrogens is 502 g/mol. The number of thiocarbonyl (C=S) groups is 1. The standard InChI is InChI=1S/C30H29NO4S2/c1-30(2,3)23-14-10-21(11-15-23)19-35-24-16-12-20(13-17-24)18-25-27(32)31(29(36)37-25)26(28(33)34-4)22-8-6-5-7-9-22/h5-18,26H,19H2,1-4H3/b25-18+. The van der Waals surface area contributed by atoms with Crippen LogP contribution >= 0.6 is 24.0 Å². The third-order valence-electron chi connectivity index (χ3n) is 6.02. The Morgan fingerprint density at radius 2 is 1.65 bits per heavy atom. The first kappa shape index (κ1) is 26.6. The largest absolute Gasteiger partial charge is 0.489 e. The Hall–Kier alpha value is -3.42. The summed E-state index contributed by atoms with van der Waals surface area (Å²) in [6, 6.07) is 24.1. The lowest BCUT2D eigenvalue weighted by Gasteiger charge is -2.24. The first-order valence-electron chi connectivity index (χ1n) is 11.9. The molecule has 0 radical (unpaired) electrons. The van der Waals surface area contributed by atoms with Gasteiger partial charge in [-0.3, -0.25) is 9.69 Å². The SMILES string of the molecule is COC(=O)C(c1ccccc1)N1C(=O)/C(=C\c2ccc(OCc3ccc(C(C)(C)C)cc3)cc2)SC1=S. The molecule has 5 nitrogen and oxygen atoms in total. The minimum absolute atomic E-state index is 0.116. The van der Waals surface area contributed by atoms with E-state index in [1.807, 2.05) is 42.5 Å². The molecule has 0 N–H and O–H groups in total. The van der Waals surface area contributed by atoms with E-state index in [4.69, 9.17) is 21.7 Å². The lowest BCUT2D eigenvalue weighted by Crippen LogP contribution is -2.37. The van der Waals surface area contributed by atoms with Gasteiger partial charge < -0.3 is 9.47 Å². The van der Waals surface area contributed by atoms with Crippen molar-refractivity contribution in [1.29, 1.82) is 0 Å². The fourth-order valence-corrected chi connectivity index (χ4v) is 5.23. The van der Waals surface area contributed by atoms with Gasteiger partial charge in [0.15, 0.2) is 6.04 Å². The van der Waals surface area contributed by atoms with Gasteiger partial charge in [-0.25, -0.2) is 4.79 Å². The van der Waals surface area contributed by atoms with Crippen LogP contribution in [0.2, 0.25) is 0 Å². The smallest absolute Gasteiger partial charge is 0.333 e. The van der Waals surface area contributed by atoms with Gasteiger partial charge in [-0.15, -0.1) is 0 Å². The zero-order chi connectivity index (χ0) is 26.6. The molecule has 3 aromatic carbocycles. The molecule has 1 aliphatic rings. The summed E-state index contributed by atoms with van der Waals surface area (Å²) in [6.07, 6.45) is 1.77. The molecule has 1 fully saturated rings. The number of benzene rings is 3. The van der Waals surface area contributed by atoms with E-state index >= 15 is 0 Å². The van der Waals surface area contributed by atoms with Crippen molar-refractivity contribution in [3.05, 3.63) is 106 Å². The van der Waals surface area contributed by atoms with Gasteiger partial charge in [0, 0.05) is 0 Å². The first-order valence-corrected chi connectivity index (χ1v) is 13.1. The summed E-state index contributed by atoms with van der Waals surface area (Å²) in [5.74, 6) is -0.133. The minimum atomic E-state index is -0.933. The normalized spacial score (nSPS) is 15.7. The second kappa shape index (κ2) is 11.3. The number of hydrogen-bond acceptors (Lipinski definition) is 6. The van der Waals surface area contributed by atoms with Gasteiger partial charge in [0.05, 0.1) is 12.0 Å². The van der Waals surface area contributed by atoms with Gasteiger partial charge in [-0.05, 0) is 45.9 Å². The molecule has 3 aromatic rings. The van der Waals surface area contributed by atoms with Crippen LogP contribution in [0, 0.1) is 0 Å². The van der Waals surface area contributed by atoms with E-state index in [0.717, 1.165) is 16.9 Å². The van der Waals surface area contributed by atoms with Crippen LogP contribution in [-0.4, -0.2) is 28.2 Å². The molecule has 0 spiro atoms. The van der Waals surface area contributed by atoms with Gasteiger partial charge >= 0.3 is 5.97 Å². The lowest BCUT2D eigenvalue weighted by atomic mass is 9.87. The monoisotopic (exact) mass is 531 g/mol. The van der Waals surface area contributed by atoms with Crippen LogP contribution in [0.3, 0.4) is 0 Å². The van der Waals surface area contributed by atoms with Crippen molar-refractivity contribution in [2.75, 3.05) is 7.11 Å². The number of hydrogen-bond donors (Lipinski definition) is 0. The zero-order valence-electron chi connectivity index (χ0n) is 21.3. The molecule has 7 heteroatoms. The number of thioether (sulfide) groups is 1. The minimum Gasteiger partial charge on any atom is -0.489 e. The molecule has 1 saturated heterocycles. The number of nitrogens with zero attached hydrogens (tertiary/aromatic N) is 1. The lowest BCUT2D eigenvalue weighted by molar-refractivity contribution is -0.148. The molecule has 190 valence electrons. The van der Waals surface area contributed by atoms with Gasteiger partial charge in [0.2, 0.25) is 0 Å². The second-order valence-electron chi connectivity index (χ2n) is 9.69. The summed E-state index contributed by atoms with van der Waals surface area (Å²) >= 11 is 6.66. The quantitative estimate of drug-likeness (QED) is 0.193. The summed E-state index contributed by atoms with van der Waals surface area (Å²) in [5.41, 5.74) is 3.97. The molecule has 0 saturated carbocycles. The fraction of sp³-hybridized carbons (Fsp3) is 0.233. The van der Waals surface area contributed by atoms with Crippen molar-refractivity contribution in [2.24, 2.45) is 0 Å². The summed E-state index contributed by atoms with van der Waals surface area (Å²) in [5, 5.41) is 0. The van der Waals surface area contributed by atoms with E-state index < -0.39 is 12.0 Å². The molecular formula is C30H29NO4S2. The van der Waals surface area contributed by atoms with Crippen LogP contribution in [0.15, 0.2) is 83.8 Å². The summed E-state index contributed by atoms with van der Waals surface area (Å²) < 4.78 is 11.2. The summed E-state index contributed by atoms with van der Waals surface area (Å²) in [4.78, 5) is 27.7. The molecule has 1 amide bonds. The molecule has 1 aliphatic heterocycles. The van der Waals surface area contributed by atoms with E-state index in [9.17, 15) is 9.59 Å². The fourth-order valence-electron chi connectivity index (χ4n) is 3.92. The molecule has 1 heterocycles. The number of ether oxygens (including phenoxy) is 2. The number of rotatable bonds is 7. The number of methoxy groups -OCH3 is 1. The van der Waals surface area contributed by atoms with Gasteiger partial charge in [-0.1, -0.05) is 111 Å². The van der Waals surface area contributed by atoms with Gasteiger partial charge in [-0.2, -0.15) is 0 Å². The number of carbonyl (C=O) groups is 2. The van der Waals surface area contributed by atoms with Gasteiger partial charge in [0.25, 0.3) is 5.91 Å². The maximum absolute atomic E-state index is 13.3. The number of carbonyl (C=O) groups excluding carboxylic acids is 2. The number of esters is 1.